The van der Waals surface area contributed by atoms with Crippen molar-refractivity contribution in [1.82, 2.24) is 10.2 Å². The number of piperazine rings is 1. The van der Waals surface area contributed by atoms with Crippen molar-refractivity contribution in [2.45, 2.75) is 13.0 Å². The number of aliphatic carboxylic acids is 1. The van der Waals surface area contributed by atoms with E-state index in [9.17, 15) is 4.79 Å². The Labute approximate surface area is 77.9 Å². The highest BCUT2D eigenvalue weighted by atomic mass is 16.4. The number of carboxylic acid groups (broad SMARTS) is 1. The van der Waals surface area contributed by atoms with Gasteiger partial charge in [0.05, 0.1) is 6.54 Å². The van der Waals surface area contributed by atoms with Crippen LogP contribution in [0.1, 0.15) is 6.92 Å². The zero-order chi connectivity index (χ0) is 9.68. The fourth-order valence-electron chi connectivity index (χ4n) is 1.36. The van der Waals surface area contributed by atoms with Gasteiger partial charge in [0.1, 0.15) is 6.04 Å². The van der Waals surface area contributed by atoms with Crippen LogP contribution in [0.5, 0.6) is 0 Å². The molecule has 1 heterocycles. The van der Waals surface area contributed by atoms with Gasteiger partial charge in [-0.15, -0.1) is 5.92 Å². The lowest BCUT2D eigenvalue weighted by atomic mass is 10.2. The Kier molecular flexibility index (Phi) is 3.74. The lowest BCUT2D eigenvalue weighted by Gasteiger charge is -2.31. The SMILES string of the molecule is CC#CCN1CCNCC1C(=O)O. The van der Waals surface area contributed by atoms with Crippen LogP contribution in [-0.2, 0) is 4.79 Å². The lowest BCUT2D eigenvalue weighted by molar-refractivity contribution is -0.143. The molecule has 1 aliphatic heterocycles. The maximum Gasteiger partial charge on any atom is 0.322 e. The first kappa shape index (κ1) is 10.0. The van der Waals surface area contributed by atoms with Crippen molar-refractivity contribution >= 4 is 5.97 Å². The van der Waals surface area contributed by atoms with Gasteiger partial charge in [-0.1, -0.05) is 5.92 Å². The molecule has 4 heteroatoms. The average Bonchev–Trinajstić information content (AvgIpc) is 2.15. The van der Waals surface area contributed by atoms with Crippen LogP contribution in [0.2, 0.25) is 0 Å². The molecule has 0 saturated carbocycles. The summed E-state index contributed by atoms with van der Waals surface area (Å²) in [6, 6.07) is -0.422. The predicted molar refractivity (Wildman–Crippen MR) is 49.3 cm³/mol. The highest BCUT2D eigenvalue weighted by Gasteiger charge is 2.27. The van der Waals surface area contributed by atoms with Gasteiger partial charge < -0.3 is 10.4 Å². The summed E-state index contributed by atoms with van der Waals surface area (Å²) in [5, 5.41) is 11.9. The van der Waals surface area contributed by atoms with Crippen molar-refractivity contribution in [2.24, 2.45) is 0 Å². The lowest BCUT2D eigenvalue weighted by Crippen LogP contribution is -2.54. The molecule has 0 aromatic carbocycles. The smallest absolute Gasteiger partial charge is 0.322 e. The van der Waals surface area contributed by atoms with Gasteiger partial charge in [0.25, 0.3) is 0 Å². The normalized spacial score (nSPS) is 23.3. The number of rotatable bonds is 2. The highest BCUT2D eigenvalue weighted by Crippen LogP contribution is 2.02. The van der Waals surface area contributed by atoms with Gasteiger partial charge in [0, 0.05) is 19.6 Å². The van der Waals surface area contributed by atoms with Crippen LogP contribution < -0.4 is 5.32 Å². The van der Waals surface area contributed by atoms with Gasteiger partial charge in [0.2, 0.25) is 0 Å². The first-order valence-corrected chi connectivity index (χ1v) is 4.33. The van der Waals surface area contributed by atoms with E-state index in [1.54, 1.807) is 6.92 Å². The summed E-state index contributed by atoms with van der Waals surface area (Å²) in [6.07, 6.45) is 0. The molecule has 0 bridgehead atoms. The van der Waals surface area contributed by atoms with E-state index in [2.05, 4.69) is 17.2 Å². The maximum absolute atomic E-state index is 10.8. The van der Waals surface area contributed by atoms with Gasteiger partial charge in [-0.05, 0) is 6.92 Å². The second-order valence-corrected chi connectivity index (χ2v) is 2.96. The molecule has 1 saturated heterocycles. The second-order valence-electron chi connectivity index (χ2n) is 2.96. The minimum atomic E-state index is -0.773. The summed E-state index contributed by atoms with van der Waals surface area (Å²) in [5.41, 5.74) is 0. The Morgan fingerprint density at radius 3 is 3.15 bits per heavy atom. The molecule has 0 aromatic heterocycles. The van der Waals surface area contributed by atoms with Gasteiger partial charge in [0.15, 0.2) is 0 Å². The number of nitrogens with one attached hydrogen (secondary N) is 1. The van der Waals surface area contributed by atoms with E-state index < -0.39 is 12.0 Å². The Morgan fingerprint density at radius 1 is 1.77 bits per heavy atom. The molecule has 2 N–H and O–H groups in total. The molecule has 1 atom stereocenters. The topological polar surface area (TPSA) is 52.6 Å². The van der Waals surface area contributed by atoms with Gasteiger partial charge in [-0.2, -0.15) is 0 Å². The van der Waals surface area contributed by atoms with Crippen molar-refractivity contribution in [3.05, 3.63) is 0 Å². The summed E-state index contributed by atoms with van der Waals surface area (Å²) in [6.45, 7) is 4.43. The van der Waals surface area contributed by atoms with Crippen LogP contribution in [0.4, 0.5) is 0 Å². The molecule has 0 spiro atoms. The maximum atomic E-state index is 10.8. The molecule has 0 aromatic rings. The van der Waals surface area contributed by atoms with Crippen molar-refractivity contribution in [2.75, 3.05) is 26.2 Å². The third-order valence-electron chi connectivity index (χ3n) is 2.10. The summed E-state index contributed by atoms with van der Waals surface area (Å²) in [4.78, 5) is 12.7. The number of nitrogens with zero attached hydrogens (tertiary/aromatic N) is 1. The average molecular weight is 182 g/mol. The molecular weight excluding hydrogens is 168 g/mol. The largest absolute Gasteiger partial charge is 0.480 e. The van der Waals surface area contributed by atoms with Crippen molar-refractivity contribution < 1.29 is 9.90 Å². The van der Waals surface area contributed by atoms with E-state index in [0.29, 0.717) is 13.1 Å². The fourth-order valence-corrected chi connectivity index (χ4v) is 1.36. The zero-order valence-corrected chi connectivity index (χ0v) is 7.71. The van der Waals surface area contributed by atoms with E-state index >= 15 is 0 Å². The summed E-state index contributed by atoms with van der Waals surface area (Å²) in [7, 11) is 0. The number of carbonyl (C=O) groups is 1. The second kappa shape index (κ2) is 4.85. The highest BCUT2D eigenvalue weighted by molar-refractivity contribution is 5.74. The number of hydrogen-bond acceptors (Lipinski definition) is 3. The monoisotopic (exact) mass is 182 g/mol. The molecule has 72 valence electrons. The first-order chi connectivity index (χ1) is 6.25. The molecule has 13 heavy (non-hydrogen) atoms. The van der Waals surface area contributed by atoms with Crippen LogP contribution in [0.15, 0.2) is 0 Å². The number of hydrogen-bond donors (Lipinski definition) is 2. The molecule has 0 amide bonds. The minimum Gasteiger partial charge on any atom is -0.480 e. The summed E-state index contributed by atoms with van der Waals surface area (Å²) in [5.74, 6) is 4.88. The number of carboxylic acids is 1. The van der Waals surface area contributed by atoms with E-state index in [4.69, 9.17) is 5.11 Å². The molecule has 1 fully saturated rings. The third kappa shape index (κ3) is 2.72. The summed E-state index contributed by atoms with van der Waals surface area (Å²) < 4.78 is 0. The van der Waals surface area contributed by atoms with E-state index in [0.717, 1.165) is 13.1 Å². The Morgan fingerprint density at radius 2 is 2.54 bits per heavy atom. The van der Waals surface area contributed by atoms with E-state index in [-0.39, 0.29) is 0 Å². The Balaban J connectivity index is 2.54. The quantitative estimate of drug-likeness (QED) is 0.558. The molecule has 0 aliphatic carbocycles. The van der Waals surface area contributed by atoms with E-state index in [1.807, 2.05) is 4.90 Å². The molecule has 1 rings (SSSR count). The molecule has 4 nitrogen and oxygen atoms in total. The van der Waals surface area contributed by atoms with Crippen LogP contribution in [0, 0.1) is 11.8 Å². The summed E-state index contributed by atoms with van der Waals surface area (Å²) >= 11 is 0. The third-order valence-corrected chi connectivity index (χ3v) is 2.10. The van der Waals surface area contributed by atoms with Gasteiger partial charge >= 0.3 is 5.97 Å². The molecule has 1 aliphatic rings. The predicted octanol–water partition coefficient (Wildman–Crippen LogP) is -0.632. The Hall–Kier alpha value is -1.05. The standard InChI is InChI=1S/C9H14N2O2/c1-2-3-5-11-6-4-10-7-8(11)9(12)13/h8,10H,4-7H2,1H3,(H,12,13). The Bertz CT molecular complexity index is 242. The minimum absolute atomic E-state index is 0.422. The van der Waals surface area contributed by atoms with Gasteiger partial charge in [-0.25, -0.2) is 0 Å². The van der Waals surface area contributed by atoms with Crippen LogP contribution >= 0.6 is 0 Å². The first-order valence-electron chi connectivity index (χ1n) is 4.33. The molecular formula is C9H14N2O2. The van der Waals surface area contributed by atoms with Crippen molar-refractivity contribution in [3.63, 3.8) is 0 Å². The van der Waals surface area contributed by atoms with Crippen LogP contribution in [-0.4, -0.2) is 48.2 Å². The zero-order valence-electron chi connectivity index (χ0n) is 7.71. The van der Waals surface area contributed by atoms with Crippen molar-refractivity contribution in [1.29, 1.82) is 0 Å². The van der Waals surface area contributed by atoms with Crippen LogP contribution in [0.25, 0.3) is 0 Å². The van der Waals surface area contributed by atoms with E-state index in [1.165, 1.54) is 0 Å². The fraction of sp³-hybridized carbons (Fsp3) is 0.667. The molecule has 1 unspecified atom stereocenters. The van der Waals surface area contributed by atoms with Crippen molar-refractivity contribution in [3.8, 4) is 11.8 Å². The molecule has 0 radical (unpaired) electrons. The van der Waals surface area contributed by atoms with Crippen LogP contribution in [0.3, 0.4) is 0 Å². The van der Waals surface area contributed by atoms with Gasteiger partial charge in [-0.3, -0.25) is 9.69 Å².